The van der Waals surface area contributed by atoms with Gasteiger partial charge in [0, 0.05) is 45.0 Å². The van der Waals surface area contributed by atoms with Crippen LogP contribution >= 0.6 is 0 Å². The van der Waals surface area contributed by atoms with Gasteiger partial charge in [0.25, 0.3) is 6.71 Å². The van der Waals surface area contributed by atoms with Crippen LogP contribution in [0.1, 0.15) is 102 Å². The monoisotopic (exact) mass is 840 g/mol. The van der Waals surface area contributed by atoms with Gasteiger partial charge in [0.1, 0.15) is 0 Å². The predicted octanol–water partition coefficient (Wildman–Crippen LogP) is 14.0. The molecule has 0 aromatic heterocycles. The van der Waals surface area contributed by atoms with E-state index in [1.165, 1.54) is 111 Å². The number of rotatable bonds is 2. The van der Waals surface area contributed by atoms with Crippen molar-refractivity contribution in [2.75, 3.05) is 9.80 Å². The van der Waals surface area contributed by atoms with Crippen LogP contribution in [0.2, 0.25) is 0 Å². The number of anilines is 6. The summed E-state index contributed by atoms with van der Waals surface area (Å²) in [5, 5.41) is 0. The van der Waals surface area contributed by atoms with E-state index < -0.39 is 0 Å². The van der Waals surface area contributed by atoms with Gasteiger partial charge in [0.05, 0.1) is 0 Å². The summed E-state index contributed by atoms with van der Waals surface area (Å²) in [7, 11) is 0. The van der Waals surface area contributed by atoms with Crippen molar-refractivity contribution >= 4 is 57.2 Å². The van der Waals surface area contributed by atoms with Gasteiger partial charge in [-0.1, -0.05) is 145 Å². The molecule has 3 unspecified atom stereocenters. The molecule has 0 amide bonds. The number of hydrogen-bond acceptors (Lipinski definition) is 2. The van der Waals surface area contributed by atoms with E-state index in [4.69, 9.17) is 0 Å². The molecule has 2 nitrogen and oxygen atoms in total. The highest BCUT2D eigenvalue weighted by atomic mass is 15.2. The molecule has 7 aromatic rings. The van der Waals surface area contributed by atoms with Crippen molar-refractivity contribution in [3.63, 3.8) is 0 Å². The van der Waals surface area contributed by atoms with E-state index in [1.54, 1.807) is 22.3 Å². The lowest BCUT2D eigenvalue weighted by atomic mass is 9.32. The Bertz CT molecular complexity index is 3270. The van der Waals surface area contributed by atoms with E-state index in [0.29, 0.717) is 5.92 Å². The number of hydrogen-bond donors (Lipinski definition) is 0. The van der Waals surface area contributed by atoms with Gasteiger partial charge >= 0.3 is 0 Å². The van der Waals surface area contributed by atoms with Gasteiger partial charge in [-0.15, -0.1) is 0 Å². The fourth-order valence-electron chi connectivity index (χ4n) is 17.7. The summed E-state index contributed by atoms with van der Waals surface area (Å²) >= 11 is 0. The zero-order valence-electron chi connectivity index (χ0n) is 38.8. The number of benzene rings is 7. The average Bonchev–Trinajstić information content (AvgIpc) is 4.02. The maximum Gasteiger partial charge on any atom is 0.252 e. The van der Waals surface area contributed by atoms with Gasteiger partial charge in [-0.05, 0) is 181 Å². The molecule has 4 bridgehead atoms. The molecule has 65 heavy (non-hydrogen) atoms. The second-order valence-electron chi connectivity index (χ2n) is 23.2. The molecule has 318 valence electrons. The fraction of sp³-hybridized carbons (Fsp3) is 0.323. The molecule has 15 rings (SSSR count). The Hall–Kier alpha value is -5.80. The molecule has 4 fully saturated rings. The van der Waals surface area contributed by atoms with Gasteiger partial charge in [-0.3, -0.25) is 0 Å². The van der Waals surface area contributed by atoms with E-state index >= 15 is 0 Å². The Kier molecular flexibility index (Phi) is 6.78. The first-order valence-corrected chi connectivity index (χ1v) is 24.9. The summed E-state index contributed by atoms with van der Waals surface area (Å²) in [5.41, 5.74) is 24.9. The minimum atomic E-state index is -0.0131. The Labute approximate surface area is 385 Å². The minimum Gasteiger partial charge on any atom is -0.311 e. The zero-order chi connectivity index (χ0) is 43.6. The summed E-state index contributed by atoms with van der Waals surface area (Å²) < 4.78 is 0. The van der Waals surface area contributed by atoms with E-state index in [-0.39, 0.29) is 39.2 Å². The van der Waals surface area contributed by atoms with Crippen LogP contribution in [0.15, 0.2) is 152 Å². The molecule has 2 heterocycles. The molecule has 7 aromatic carbocycles. The SMILES string of the molecule is CC1(C)C2CCC1(C)[C@@]1(C2)c2ccccc2-c2c1ccc1c2B2c3ccccc3N(c3ccc4c(c3)[C@]3(C[C@@H]5CCC3(C)C5(C)C)c3ccccc3-4)c3cccc(c32)N1c1ccccc1. The van der Waals surface area contributed by atoms with Crippen LogP contribution in [-0.4, -0.2) is 6.71 Å². The zero-order valence-corrected chi connectivity index (χ0v) is 38.8. The van der Waals surface area contributed by atoms with Crippen LogP contribution in [0, 0.1) is 33.5 Å². The van der Waals surface area contributed by atoms with Gasteiger partial charge in [-0.25, -0.2) is 0 Å². The molecule has 6 atom stereocenters. The third kappa shape index (κ3) is 3.90. The fourth-order valence-corrected chi connectivity index (χ4v) is 17.7. The molecule has 0 N–H and O–H groups in total. The third-order valence-electron chi connectivity index (χ3n) is 21.5. The van der Waals surface area contributed by atoms with Gasteiger partial charge in [-0.2, -0.15) is 0 Å². The minimum absolute atomic E-state index is 0.00680. The molecule has 6 aliphatic carbocycles. The van der Waals surface area contributed by atoms with Gasteiger partial charge in [0.15, 0.2) is 0 Å². The molecule has 0 radical (unpaired) electrons. The summed E-state index contributed by atoms with van der Waals surface area (Å²) in [5.74, 6) is 1.43. The highest BCUT2D eigenvalue weighted by Gasteiger charge is 2.73. The second-order valence-corrected chi connectivity index (χ2v) is 23.2. The predicted molar refractivity (Wildman–Crippen MR) is 271 cm³/mol. The first kappa shape index (κ1) is 37.4. The molecule has 8 aliphatic rings. The van der Waals surface area contributed by atoms with E-state index in [0.717, 1.165) is 5.92 Å². The highest BCUT2D eigenvalue weighted by Crippen LogP contribution is 2.79. The van der Waals surface area contributed by atoms with Crippen molar-refractivity contribution in [2.45, 2.75) is 90.9 Å². The number of para-hydroxylation sites is 2. The molecule has 2 spiro atoms. The highest BCUT2D eigenvalue weighted by molar-refractivity contribution is 7.01. The maximum atomic E-state index is 2.67. The lowest BCUT2D eigenvalue weighted by Gasteiger charge is -2.49. The van der Waals surface area contributed by atoms with Crippen molar-refractivity contribution in [1.29, 1.82) is 0 Å². The Morgan fingerprint density at radius 1 is 0.431 bits per heavy atom. The molecular weight excluding hydrogens is 784 g/mol. The van der Waals surface area contributed by atoms with Crippen LogP contribution in [0.25, 0.3) is 22.3 Å². The maximum absolute atomic E-state index is 2.67. The summed E-state index contributed by atoms with van der Waals surface area (Å²) in [6.07, 6.45) is 7.71. The Morgan fingerprint density at radius 3 is 1.63 bits per heavy atom. The smallest absolute Gasteiger partial charge is 0.252 e. The normalized spacial score (nSPS) is 30.0. The van der Waals surface area contributed by atoms with Crippen molar-refractivity contribution in [3.05, 3.63) is 174 Å². The lowest BCUT2D eigenvalue weighted by Crippen LogP contribution is -2.62. The average molecular weight is 841 g/mol. The summed E-state index contributed by atoms with van der Waals surface area (Å²) in [6.45, 7) is 15.8. The van der Waals surface area contributed by atoms with Crippen LogP contribution in [0.5, 0.6) is 0 Å². The Balaban J connectivity index is 1.00. The first-order valence-electron chi connectivity index (χ1n) is 24.9. The van der Waals surface area contributed by atoms with Crippen molar-refractivity contribution < 1.29 is 0 Å². The quantitative estimate of drug-likeness (QED) is 0.160. The van der Waals surface area contributed by atoms with Crippen LogP contribution < -0.4 is 26.2 Å². The van der Waals surface area contributed by atoms with Crippen LogP contribution in [0.4, 0.5) is 34.1 Å². The standard InChI is InChI=1S/C62H57BN2/c1-57(2)38-31-33-59(57,5)61(36-38)46-22-13-11-20-44(46)54-47(61)29-30-53-56(54)63-49-23-14-15-24-50(49)65(52-26-16-25-51(55(52)63)64(53)40-17-8-7-9-18-40)41-27-28-43-42-19-10-12-21-45(42)62(48(43)35-41)37-39-32-34-60(62,6)58(39,3)4/h7-30,35,38-39H,31-34,36-37H2,1-6H3/t38?,39-,59?,60?,61-,62-/m0/s1. The van der Waals surface area contributed by atoms with Crippen LogP contribution in [-0.2, 0) is 10.8 Å². The lowest BCUT2D eigenvalue weighted by molar-refractivity contribution is 0.0990. The van der Waals surface area contributed by atoms with Crippen LogP contribution in [0.3, 0.4) is 0 Å². The van der Waals surface area contributed by atoms with Crippen molar-refractivity contribution in [3.8, 4) is 22.3 Å². The second kappa shape index (κ2) is 11.8. The third-order valence-corrected chi connectivity index (χ3v) is 21.5. The number of fused-ring (bicyclic) bond motifs is 21. The largest absolute Gasteiger partial charge is 0.311 e. The number of nitrogens with zero attached hydrogens (tertiary/aromatic N) is 2. The van der Waals surface area contributed by atoms with E-state index in [9.17, 15) is 0 Å². The van der Waals surface area contributed by atoms with Gasteiger partial charge in [0.2, 0.25) is 0 Å². The summed E-state index contributed by atoms with van der Waals surface area (Å²) in [6, 6.07) is 59.7. The first-order chi connectivity index (χ1) is 31.5. The van der Waals surface area contributed by atoms with E-state index in [2.05, 4.69) is 203 Å². The molecule has 2 aliphatic heterocycles. The topological polar surface area (TPSA) is 6.48 Å². The van der Waals surface area contributed by atoms with Crippen molar-refractivity contribution in [1.82, 2.24) is 0 Å². The molecular formula is C62H57BN2. The van der Waals surface area contributed by atoms with Gasteiger partial charge < -0.3 is 9.80 Å². The molecule has 0 saturated heterocycles. The molecule has 3 heteroatoms. The summed E-state index contributed by atoms with van der Waals surface area (Å²) in [4.78, 5) is 5.28. The molecule has 4 saturated carbocycles. The van der Waals surface area contributed by atoms with E-state index in [1.807, 2.05) is 0 Å². The van der Waals surface area contributed by atoms with Crippen molar-refractivity contribution in [2.24, 2.45) is 33.5 Å². The Morgan fingerprint density at radius 2 is 0.969 bits per heavy atom.